The number of anilines is 1. The van der Waals surface area contributed by atoms with Crippen LogP contribution in [0.4, 0.5) is 5.69 Å². The van der Waals surface area contributed by atoms with Crippen molar-refractivity contribution in [2.45, 2.75) is 0 Å². The van der Waals surface area contributed by atoms with Gasteiger partial charge in [-0.3, -0.25) is 4.68 Å². The van der Waals surface area contributed by atoms with Crippen LogP contribution in [-0.2, 0) is 7.05 Å². The Bertz CT molecular complexity index is 245. The van der Waals surface area contributed by atoms with E-state index in [-0.39, 0.29) is 37.2 Å². The van der Waals surface area contributed by atoms with Crippen molar-refractivity contribution in [2.24, 2.45) is 7.05 Å². The second-order valence-corrected chi connectivity index (χ2v) is 1.68. The number of nitrogens with two attached hydrogens (primary N) is 1. The number of nitrogens with zero attached hydrogens (tertiary/aromatic N) is 3. The number of halogens is 3. The predicted octanol–water partition coefficient (Wildman–Crippen LogP) is 1.14. The minimum Gasteiger partial charge on any atom is -0.395 e. The number of rotatable bonds is 0. The zero-order valence-electron chi connectivity index (χ0n) is 6.22. The van der Waals surface area contributed by atoms with Crippen LogP contribution in [0.5, 0.6) is 0 Å². The summed E-state index contributed by atoms with van der Waals surface area (Å²) in [7, 11) is 1.68. The molecule has 0 unspecified atom stereocenters. The molecule has 7 heteroatoms. The van der Waals surface area contributed by atoms with Crippen LogP contribution < -0.4 is 5.73 Å². The summed E-state index contributed by atoms with van der Waals surface area (Å²) in [6, 6.07) is 1.92. The van der Waals surface area contributed by atoms with Crippen molar-refractivity contribution in [1.82, 2.24) is 9.78 Å². The van der Waals surface area contributed by atoms with Crippen LogP contribution in [-0.4, -0.2) is 9.78 Å². The number of nitriles is 1. The summed E-state index contributed by atoms with van der Waals surface area (Å²) in [6.45, 7) is 0. The molecule has 0 amide bonds. The normalized spacial score (nSPS) is 6.67. The molecular weight excluding hydrogens is 222 g/mol. The van der Waals surface area contributed by atoms with Crippen LogP contribution in [0.25, 0.3) is 0 Å². The van der Waals surface area contributed by atoms with Crippen LogP contribution >= 0.6 is 37.2 Å². The number of aromatic nitrogens is 2. The third-order valence-corrected chi connectivity index (χ3v) is 1.07. The minimum absolute atomic E-state index is 0. The SMILES string of the molecule is Cl.Cl.Cl.Cn1ncc(N)c1C#N. The Morgan fingerprint density at radius 2 is 2.00 bits per heavy atom. The molecule has 0 fully saturated rings. The van der Waals surface area contributed by atoms with E-state index in [1.165, 1.54) is 10.9 Å². The first kappa shape index (κ1) is 17.5. The first-order chi connectivity index (χ1) is 4.25. The van der Waals surface area contributed by atoms with Gasteiger partial charge in [-0.1, -0.05) is 0 Å². The molecule has 0 aliphatic heterocycles. The monoisotopic (exact) mass is 230 g/mol. The summed E-state index contributed by atoms with van der Waals surface area (Å²) in [4.78, 5) is 0. The smallest absolute Gasteiger partial charge is 0.161 e. The van der Waals surface area contributed by atoms with Crippen molar-refractivity contribution in [3.8, 4) is 6.07 Å². The van der Waals surface area contributed by atoms with Crippen LogP contribution in [0.3, 0.4) is 0 Å². The molecule has 12 heavy (non-hydrogen) atoms. The fourth-order valence-corrected chi connectivity index (χ4v) is 0.591. The Hall–Kier alpha value is -0.630. The Labute approximate surface area is 89.0 Å². The Morgan fingerprint density at radius 1 is 1.50 bits per heavy atom. The third kappa shape index (κ3) is 3.18. The molecule has 0 spiro atoms. The van der Waals surface area contributed by atoms with E-state index >= 15 is 0 Å². The molecule has 0 saturated carbocycles. The molecule has 1 rings (SSSR count). The summed E-state index contributed by atoms with van der Waals surface area (Å²) in [6.07, 6.45) is 1.46. The Balaban J connectivity index is -0.000000270. The van der Waals surface area contributed by atoms with Gasteiger partial charge in [0.05, 0.1) is 11.9 Å². The lowest BCUT2D eigenvalue weighted by atomic mass is 10.4. The molecule has 0 radical (unpaired) electrons. The molecule has 2 N–H and O–H groups in total. The van der Waals surface area contributed by atoms with Crippen molar-refractivity contribution >= 4 is 42.9 Å². The van der Waals surface area contributed by atoms with E-state index in [0.717, 1.165) is 0 Å². The highest BCUT2D eigenvalue weighted by molar-refractivity contribution is 5.86. The van der Waals surface area contributed by atoms with Gasteiger partial charge in [-0.15, -0.1) is 37.2 Å². The van der Waals surface area contributed by atoms with Crippen molar-refractivity contribution in [2.75, 3.05) is 5.73 Å². The zero-order chi connectivity index (χ0) is 6.85. The lowest BCUT2D eigenvalue weighted by Gasteiger charge is -1.87. The molecule has 0 aliphatic rings. The molecular formula is C5H9Cl3N4. The van der Waals surface area contributed by atoms with E-state index in [0.29, 0.717) is 11.4 Å². The second kappa shape index (κ2) is 7.04. The van der Waals surface area contributed by atoms with E-state index in [2.05, 4.69) is 5.10 Å². The van der Waals surface area contributed by atoms with Gasteiger partial charge in [0, 0.05) is 7.05 Å². The van der Waals surface area contributed by atoms with Crippen molar-refractivity contribution in [1.29, 1.82) is 5.26 Å². The molecule has 0 saturated heterocycles. The lowest BCUT2D eigenvalue weighted by Crippen LogP contribution is -1.95. The van der Waals surface area contributed by atoms with Crippen molar-refractivity contribution < 1.29 is 0 Å². The van der Waals surface area contributed by atoms with Gasteiger partial charge in [0.2, 0.25) is 0 Å². The highest BCUT2D eigenvalue weighted by Gasteiger charge is 2.00. The van der Waals surface area contributed by atoms with Crippen LogP contribution in [0.1, 0.15) is 5.69 Å². The van der Waals surface area contributed by atoms with Gasteiger partial charge >= 0.3 is 0 Å². The van der Waals surface area contributed by atoms with Gasteiger partial charge in [-0.25, -0.2) is 0 Å². The second-order valence-electron chi connectivity index (χ2n) is 1.68. The average molecular weight is 232 g/mol. The zero-order valence-corrected chi connectivity index (χ0v) is 8.67. The van der Waals surface area contributed by atoms with Gasteiger partial charge in [0.15, 0.2) is 5.69 Å². The van der Waals surface area contributed by atoms with E-state index in [1.54, 1.807) is 7.05 Å². The molecule has 1 heterocycles. The maximum atomic E-state index is 8.40. The van der Waals surface area contributed by atoms with Crippen LogP contribution in [0.2, 0.25) is 0 Å². The summed E-state index contributed by atoms with van der Waals surface area (Å²) >= 11 is 0. The van der Waals surface area contributed by atoms with Gasteiger partial charge in [0.1, 0.15) is 6.07 Å². The van der Waals surface area contributed by atoms with E-state index in [1.807, 2.05) is 6.07 Å². The van der Waals surface area contributed by atoms with Crippen LogP contribution in [0, 0.1) is 11.3 Å². The number of hydrogen-bond acceptors (Lipinski definition) is 3. The van der Waals surface area contributed by atoms with Crippen molar-refractivity contribution in [3.05, 3.63) is 11.9 Å². The molecule has 1 aromatic rings. The average Bonchev–Trinajstić information content (AvgIpc) is 2.12. The molecule has 0 atom stereocenters. The highest BCUT2D eigenvalue weighted by atomic mass is 35.5. The Morgan fingerprint density at radius 3 is 2.17 bits per heavy atom. The fourth-order valence-electron chi connectivity index (χ4n) is 0.591. The highest BCUT2D eigenvalue weighted by Crippen LogP contribution is 2.05. The number of hydrogen-bond donors (Lipinski definition) is 1. The topological polar surface area (TPSA) is 67.6 Å². The number of nitrogen functional groups attached to an aromatic ring is 1. The third-order valence-electron chi connectivity index (χ3n) is 1.07. The summed E-state index contributed by atoms with van der Waals surface area (Å²) < 4.78 is 1.44. The molecule has 70 valence electrons. The largest absolute Gasteiger partial charge is 0.395 e. The lowest BCUT2D eigenvalue weighted by molar-refractivity contribution is 0.756. The summed E-state index contributed by atoms with van der Waals surface area (Å²) in [5.41, 5.74) is 6.19. The fraction of sp³-hybridized carbons (Fsp3) is 0.200. The number of aryl methyl sites for hydroxylation is 1. The van der Waals surface area contributed by atoms with Crippen LogP contribution in [0.15, 0.2) is 6.20 Å². The maximum absolute atomic E-state index is 8.40. The Kier molecular flexibility index (Phi) is 10.2. The molecule has 0 aromatic carbocycles. The van der Waals surface area contributed by atoms with Gasteiger partial charge < -0.3 is 5.73 Å². The first-order valence-corrected chi connectivity index (χ1v) is 2.43. The predicted molar refractivity (Wildman–Crippen MR) is 54.1 cm³/mol. The van der Waals surface area contributed by atoms with E-state index in [4.69, 9.17) is 11.0 Å². The summed E-state index contributed by atoms with van der Waals surface area (Å²) in [5, 5.41) is 12.2. The van der Waals surface area contributed by atoms with Crippen molar-refractivity contribution in [3.63, 3.8) is 0 Å². The van der Waals surface area contributed by atoms with E-state index < -0.39 is 0 Å². The molecule has 0 aliphatic carbocycles. The van der Waals surface area contributed by atoms with Gasteiger partial charge in [0.25, 0.3) is 0 Å². The quantitative estimate of drug-likeness (QED) is 0.728. The maximum Gasteiger partial charge on any atom is 0.161 e. The summed E-state index contributed by atoms with van der Waals surface area (Å²) in [5.74, 6) is 0. The van der Waals surface area contributed by atoms with E-state index in [9.17, 15) is 0 Å². The molecule has 4 nitrogen and oxygen atoms in total. The molecule has 1 aromatic heterocycles. The van der Waals surface area contributed by atoms with Gasteiger partial charge in [-0.2, -0.15) is 10.4 Å². The minimum atomic E-state index is 0. The standard InChI is InChI=1S/C5H6N4.3ClH/c1-9-5(2-6)4(7)3-8-9;;;/h3H,7H2,1H3;3*1H. The van der Waals surface area contributed by atoms with Gasteiger partial charge in [-0.05, 0) is 0 Å². The molecule has 0 bridgehead atoms. The first-order valence-electron chi connectivity index (χ1n) is 2.43.